The Morgan fingerprint density at radius 3 is 1.76 bits per heavy atom. The predicted octanol–water partition coefficient (Wildman–Crippen LogP) is 19.0. The average molecular weight is 933 g/mol. The Morgan fingerprint density at radius 2 is 0.971 bits per heavy atom. The molecule has 0 saturated carbocycles. The number of para-hydroxylation sites is 1. The molecule has 12 aromatic rings. The molecule has 0 saturated heterocycles. The maximum absolute atomic E-state index is 2.48. The quantitative estimate of drug-likeness (QED) is 0.111. The van der Waals surface area contributed by atoms with Crippen LogP contribution in [0.2, 0.25) is 19.6 Å². The molecule has 0 atom stereocenters. The Bertz CT molecular complexity index is 4030. The second kappa shape index (κ2) is 16.2. The zero-order chi connectivity index (χ0) is 47.3. The Morgan fingerprint density at radius 1 is 0.371 bits per heavy atom. The minimum absolute atomic E-state index is 0.125. The van der Waals surface area contributed by atoms with Gasteiger partial charge in [0.25, 0.3) is 0 Å². The largest absolute Gasteiger partial charge is 0.310 e. The van der Waals surface area contributed by atoms with E-state index in [4.69, 9.17) is 0 Å². The fourth-order valence-electron chi connectivity index (χ4n) is 11.5. The van der Waals surface area contributed by atoms with E-state index < -0.39 is 8.07 Å². The van der Waals surface area contributed by atoms with Crippen molar-refractivity contribution >= 4 is 111 Å². The highest BCUT2D eigenvalue weighted by molar-refractivity contribution is 7.25. The van der Waals surface area contributed by atoms with Crippen LogP contribution in [0.25, 0.3) is 74.7 Å². The summed E-state index contributed by atoms with van der Waals surface area (Å²) in [5, 5.41) is 11.6. The van der Waals surface area contributed by atoms with E-state index in [1.165, 1.54) is 85.5 Å². The standard InChI is InChI=1S/C66H52N2SSi/c1-66(2)61-25-15-13-24-58(61)64-56-35-28-45(40-59(56)54-21-11-12-23-57(54)65(64)66)46-38-51(67(47-19-7-6-8-20-47)48-30-33-53(34-31-48)70(3,4)5)41-52(39-46)68(49-29-27-43-17-9-10-18-44(43)37-49)50-32-36-63-60(42-50)55-22-14-16-26-62(55)69-63/h6-42H,1-5H3. The van der Waals surface area contributed by atoms with E-state index in [1.54, 1.807) is 0 Å². The van der Waals surface area contributed by atoms with Crippen LogP contribution in [0, 0.1) is 0 Å². The lowest BCUT2D eigenvalue weighted by Gasteiger charge is -2.31. The number of hydrogen-bond acceptors (Lipinski definition) is 3. The number of hydrogen-bond donors (Lipinski definition) is 0. The van der Waals surface area contributed by atoms with Crippen LogP contribution in [0.3, 0.4) is 0 Å². The highest BCUT2D eigenvalue weighted by Gasteiger charge is 2.38. The van der Waals surface area contributed by atoms with Crippen LogP contribution < -0.4 is 15.0 Å². The molecule has 0 spiro atoms. The van der Waals surface area contributed by atoms with Gasteiger partial charge < -0.3 is 9.80 Å². The average Bonchev–Trinajstić information content (AvgIpc) is 3.88. The molecule has 1 aromatic heterocycles. The molecule has 0 amide bonds. The monoisotopic (exact) mass is 932 g/mol. The van der Waals surface area contributed by atoms with Gasteiger partial charge in [-0.15, -0.1) is 11.3 Å². The van der Waals surface area contributed by atoms with Gasteiger partial charge in [-0.3, -0.25) is 0 Å². The molecule has 0 fully saturated rings. The van der Waals surface area contributed by atoms with Crippen molar-refractivity contribution in [3.05, 3.63) is 236 Å². The van der Waals surface area contributed by atoms with Crippen molar-refractivity contribution in [2.45, 2.75) is 38.9 Å². The lowest BCUT2D eigenvalue weighted by molar-refractivity contribution is 0.666. The summed E-state index contributed by atoms with van der Waals surface area (Å²) in [4.78, 5) is 4.92. The summed E-state index contributed by atoms with van der Waals surface area (Å²) in [5.41, 5.74) is 14.3. The molecule has 4 heteroatoms. The van der Waals surface area contributed by atoms with Gasteiger partial charge in [-0.05, 0) is 151 Å². The molecule has 0 N–H and O–H groups in total. The maximum atomic E-state index is 2.48. The fraction of sp³-hybridized carbons (Fsp3) is 0.0909. The van der Waals surface area contributed by atoms with Crippen LogP contribution in [0.5, 0.6) is 0 Å². The Balaban J connectivity index is 1.10. The van der Waals surface area contributed by atoms with Crippen LogP contribution >= 0.6 is 11.3 Å². The molecule has 1 aliphatic carbocycles. The molecule has 2 nitrogen and oxygen atoms in total. The number of fused-ring (bicyclic) bond motifs is 12. The van der Waals surface area contributed by atoms with Crippen LogP contribution in [-0.4, -0.2) is 8.07 Å². The first-order chi connectivity index (χ1) is 34.1. The molecule has 11 aromatic carbocycles. The molecule has 13 rings (SSSR count). The lowest BCUT2D eigenvalue weighted by Crippen LogP contribution is -2.37. The van der Waals surface area contributed by atoms with Crippen molar-refractivity contribution in [3.63, 3.8) is 0 Å². The van der Waals surface area contributed by atoms with Gasteiger partial charge in [-0.1, -0.05) is 178 Å². The van der Waals surface area contributed by atoms with Crippen molar-refractivity contribution in [2.75, 3.05) is 9.80 Å². The van der Waals surface area contributed by atoms with Gasteiger partial charge in [0.2, 0.25) is 0 Å². The molecule has 70 heavy (non-hydrogen) atoms. The van der Waals surface area contributed by atoms with Gasteiger partial charge in [-0.2, -0.15) is 0 Å². The zero-order valence-corrected chi connectivity index (χ0v) is 42.0. The minimum Gasteiger partial charge on any atom is -0.310 e. The van der Waals surface area contributed by atoms with Crippen molar-refractivity contribution in [3.8, 4) is 22.3 Å². The molecule has 1 aliphatic rings. The van der Waals surface area contributed by atoms with Crippen molar-refractivity contribution in [2.24, 2.45) is 0 Å². The van der Waals surface area contributed by atoms with E-state index >= 15 is 0 Å². The van der Waals surface area contributed by atoms with Gasteiger partial charge in [0, 0.05) is 59.7 Å². The topological polar surface area (TPSA) is 6.48 Å². The zero-order valence-electron chi connectivity index (χ0n) is 40.2. The molecule has 0 aliphatic heterocycles. The summed E-state index contributed by atoms with van der Waals surface area (Å²) in [5.74, 6) is 0. The van der Waals surface area contributed by atoms with Gasteiger partial charge in [0.1, 0.15) is 0 Å². The SMILES string of the molecule is CC1(C)c2ccccc2-c2c1c1ccccc1c1cc(-c3cc(N(c4ccccc4)c4ccc([Si](C)(C)C)cc4)cc(N(c4ccc5ccccc5c4)c4ccc5sc6ccccc6c5c4)c3)ccc21. The second-order valence-electron chi connectivity index (χ2n) is 20.6. The van der Waals surface area contributed by atoms with E-state index in [9.17, 15) is 0 Å². The first-order valence-electron chi connectivity index (χ1n) is 24.5. The van der Waals surface area contributed by atoms with Gasteiger partial charge in [-0.25, -0.2) is 0 Å². The number of rotatable bonds is 8. The Kier molecular flexibility index (Phi) is 9.78. The molecule has 0 radical (unpaired) electrons. The lowest BCUT2D eigenvalue weighted by atomic mass is 9.79. The van der Waals surface area contributed by atoms with Crippen molar-refractivity contribution in [1.82, 2.24) is 0 Å². The predicted molar refractivity (Wildman–Crippen MR) is 307 cm³/mol. The van der Waals surface area contributed by atoms with E-state index in [2.05, 4.69) is 268 Å². The first kappa shape index (κ1) is 42.3. The third-order valence-corrected chi connectivity index (χ3v) is 18.1. The van der Waals surface area contributed by atoms with E-state index in [0.717, 1.165) is 39.7 Å². The maximum Gasteiger partial charge on any atom is 0.0775 e. The van der Waals surface area contributed by atoms with E-state index in [1.807, 2.05) is 11.3 Å². The smallest absolute Gasteiger partial charge is 0.0775 e. The summed E-state index contributed by atoms with van der Waals surface area (Å²) in [6, 6.07) is 84.3. The van der Waals surface area contributed by atoms with Crippen molar-refractivity contribution < 1.29 is 0 Å². The van der Waals surface area contributed by atoms with Crippen LogP contribution in [0.1, 0.15) is 25.0 Å². The fourth-order valence-corrected chi connectivity index (χ4v) is 13.7. The van der Waals surface area contributed by atoms with Crippen LogP contribution in [0.4, 0.5) is 34.1 Å². The van der Waals surface area contributed by atoms with Crippen LogP contribution in [-0.2, 0) is 5.41 Å². The van der Waals surface area contributed by atoms with Gasteiger partial charge in [0.05, 0.1) is 8.07 Å². The summed E-state index contributed by atoms with van der Waals surface area (Å²) in [6.45, 7) is 12.1. The molecule has 336 valence electrons. The number of benzene rings is 11. The van der Waals surface area contributed by atoms with E-state index in [0.29, 0.717) is 0 Å². The summed E-state index contributed by atoms with van der Waals surface area (Å²) >= 11 is 1.86. The third kappa shape index (κ3) is 6.88. The number of anilines is 6. The van der Waals surface area contributed by atoms with Gasteiger partial charge in [0.15, 0.2) is 0 Å². The minimum atomic E-state index is -1.55. The molecule has 1 heterocycles. The molecular formula is C66H52N2SSi. The van der Waals surface area contributed by atoms with Gasteiger partial charge >= 0.3 is 0 Å². The number of thiophene rings is 1. The number of nitrogens with zero attached hydrogens (tertiary/aromatic N) is 2. The highest BCUT2D eigenvalue weighted by Crippen LogP contribution is 2.55. The molecule has 0 bridgehead atoms. The summed E-state index contributed by atoms with van der Waals surface area (Å²) < 4.78 is 2.59. The highest BCUT2D eigenvalue weighted by atomic mass is 32.1. The molecule has 0 unspecified atom stereocenters. The van der Waals surface area contributed by atoms with Crippen molar-refractivity contribution in [1.29, 1.82) is 0 Å². The van der Waals surface area contributed by atoms with Crippen LogP contribution in [0.15, 0.2) is 224 Å². The second-order valence-corrected chi connectivity index (χ2v) is 26.7. The third-order valence-electron chi connectivity index (χ3n) is 14.9. The normalized spacial score (nSPS) is 13.0. The van der Waals surface area contributed by atoms with E-state index in [-0.39, 0.29) is 5.41 Å². The Labute approximate surface area is 415 Å². The first-order valence-corrected chi connectivity index (χ1v) is 28.8. The summed E-state index contributed by atoms with van der Waals surface area (Å²) in [6.07, 6.45) is 0. The molecular weight excluding hydrogens is 881 g/mol. The Hall–Kier alpha value is -7.76. The summed E-state index contributed by atoms with van der Waals surface area (Å²) in [7, 11) is -1.55.